The number of pyridine rings is 1. The van der Waals surface area contributed by atoms with E-state index in [4.69, 9.17) is 9.47 Å². The highest BCUT2D eigenvalue weighted by Crippen LogP contribution is 2.39. The zero-order valence-corrected chi connectivity index (χ0v) is 15.2. The number of ether oxygens (including phenoxy) is 2. The highest BCUT2D eigenvalue weighted by Gasteiger charge is 2.27. The third-order valence-corrected chi connectivity index (χ3v) is 5.08. The van der Waals surface area contributed by atoms with Crippen LogP contribution in [0.4, 0.5) is 0 Å². The van der Waals surface area contributed by atoms with Crippen LogP contribution < -0.4 is 20.3 Å². The molecule has 1 aliphatic carbocycles. The van der Waals surface area contributed by atoms with Crippen LogP contribution in [0.15, 0.2) is 47.4 Å². The van der Waals surface area contributed by atoms with E-state index in [2.05, 4.69) is 10.3 Å². The third-order valence-electron chi connectivity index (χ3n) is 5.08. The largest absolute Gasteiger partial charge is 0.493 e. The summed E-state index contributed by atoms with van der Waals surface area (Å²) in [5.74, 6) is 1.12. The molecular weight excluding hydrogens is 344 g/mol. The van der Waals surface area contributed by atoms with Crippen molar-refractivity contribution in [3.63, 3.8) is 0 Å². The molecule has 3 aromatic rings. The van der Waals surface area contributed by atoms with Crippen molar-refractivity contribution in [3.05, 3.63) is 69.6 Å². The molecule has 4 rings (SSSR count). The van der Waals surface area contributed by atoms with Crippen molar-refractivity contribution < 1.29 is 14.3 Å². The average molecular weight is 364 g/mol. The first-order valence-electron chi connectivity index (χ1n) is 8.78. The SMILES string of the molecule is COc1cc2c(cc1OC)[C@@H](NC(=O)c1c[nH]c(=O)c3ccccc13)CC2. The Morgan fingerprint density at radius 1 is 1.11 bits per heavy atom. The number of hydrogen-bond acceptors (Lipinski definition) is 4. The van der Waals surface area contributed by atoms with Crippen LogP contribution in [0.5, 0.6) is 11.5 Å². The molecule has 1 amide bonds. The number of nitrogens with one attached hydrogen (secondary N) is 2. The zero-order chi connectivity index (χ0) is 19.0. The van der Waals surface area contributed by atoms with Crippen molar-refractivity contribution in [2.24, 2.45) is 0 Å². The summed E-state index contributed by atoms with van der Waals surface area (Å²) in [7, 11) is 3.21. The van der Waals surface area contributed by atoms with Crippen molar-refractivity contribution in [3.8, 4) is 11.5 Å². The molecule has 0 bridgehead atoms. The fourth-order valence-corrected chi connectivity index (χ4v) is 3.72. The second-order valence-electron chi connectivity index (χ2n) is 6.55. The number of fused-ring (bicyclic) bond motifs is 2. The molecule has 0 aliphatic heterocycles. The number of H-pyrrole nitrogens is 1. The summed E-state index contributed by atoms with van der Waals surface area (Å²) >= 11 is 0. The molecule has 0 saturated heterocycles. The van der Waals surface area contributed by atoms with Gasteiger partial charge in [0, 0.05) is 17.0 Å². The van der Waals surface area contributed by atoms with Gasteiger partial charge in [0.05, 0.1) is 25.8 Å². The normalized spacial score (nSPS) is 15.4. The Morgan fingerprint density at radius 2 is 1.81 bits per heavy atom. The van der Waals surface area contributed by atoms with Crippen molar-refractivity contribution in [1.82, 2.24) is 10.3 Å². The van der Waals surface area contributed by atoms with Gasteiger partial charge in [0.2, 0.25) is 0 Å². The molecule has 1 aliphatic rings. The maximum absolute atomic E-state index is 12.9. The molecule has 138 valence electrons. The van der Waals surface area contributed by atoms with E-state index in [1.165, 1.54) is 6.20 Å². The Morgan fingerprint density at radius 3 is 2.56 bits per heavy atom. The van der Waals surface area contributed by atoms with Gasteiger partial charge in [0.25, 0.3) is 11.5 Å². The lowest BCUT2D eigenvalue weighted by Gasteiger charge is -2.17. The highest BCUT2D eigenvalue weighted by molar-refractivity contribution is 6.06. The van der Waals surface area contributed by atoms with Crippen molar-refractivity contribution in [2.45, 2.75) is 18.9 Å². The van der Waals surface area contributed by atoms with E-state index in [-0.39, 0.29) is 17.5 Å². The van der Waals surface area contributed by atoms with Crippen LogP contribution in [0, 0.1) is 0 Å². The van der Waals surface area contributed by atoms with E-state index in [0.29, 0.717) is 27.8 Å². The van der Waals surface area contributed by atoms with Gasteiger partial charge in [-0.15, -0.1) is 0 Å². The number of aromatic amines is 1. The minimum absolute atomic E-state index is 0.113. The number of benzene rings is 2. The number of methoxy groups -OCH3 is 2. The van der Waals surface area contributed by atoms with E-state index in [0.717, 1.165) is 24.0 Å². The Bertz CT molecular complexity index is 1090. The summed E-state index contributed by atoms with van der Waals surface area (Å²) in [5.41, 5.74) is 2.43. The lowest BCUT2D eigenvalue weighted by molar-refractivity contribution is 0.0938. The molecule has 1 aromatic heterocycles. The van der Waals surface area contributed by atoms with Gasteiger partial charge in [0.15, 0.2) is 11.5 Å². The number of hydrogen-bond donors (Lipinski definition) is 2. The van der Waals surface area contributed by atoms with Gasteiger partial charge in [-0.25, -0.2) is 0 Å². The molecule has 2 N–H and O–H groups in total. The predicted molar refractivity (Wildman–Crippen MR) is 103 cm³/mol. The van der Waals surface area contributed by atoms with E-state index >= 15 is 0 Å². The number of carbonyl (C=O) groups is 1. The smallest absolute Gasteiger partial charge is 0.255 e. The number of aryl methyl sites for hydroxylation is 1. The standard InChI is InChI=1S/C21H20N2O4/c1-26-18-9-12-7-8-17(15(12)10-19(18)27-2)23-21(25)16-11-22-20(24)14-6-4-3-5-13(14)16/h3-6,9-11,17H,7-8H2,1-2H3,(H,22,24)(H,23,25)/t17-/m0/s1. The van der Waals surface area contributed by atoms with Gasteiger partial charge >= 0.3 is 0 Å². The first kappa shape index (κ1) is 17.1. The number of rotatable bonds is 4. The van der Waals surface area contributed by atoms with E-state index in [1.807, 2.05) is 18.2 Å². The van der Waals surface area contributed by atoms with Gasteiger partial charge in [0.1, 0.15) is 0 Å². The monoisotopic (exact) mass is 364 g/mol. The molecule has 0 fully saturated rings. The second-order valence-corrected chi connectivity index (χ2v) is 6.55. The number of carbonyl (C=O) groups excluding carboxylic acids is 1. The molecule has 2 aromatic carbocycles. The number of amides is 1. The summed E-state index contributed by atoms with van der Waals surface area (Å²) < 4.78 is 10.8. The molecule has 0 saturated carbocycles. The summed E-state index contributed by atoms with van der Waals surface area (Å²) in [6.45, 7) is 0. The Balaban J connectivity index is 1.67. The lowest BCUT2D eigenvalue weighted by atomic mass is 10.0. The van der Waals surface area contributed by atoms with Crippen LogP contribution in [0.2, 0.25) is 0 Å². The first-order chi connectivity index (χ1) is 13.1. The molecule has 1 heterocycles. The fraction of sp³-hybridized carbons (Fsp3) is 0.238. The topological polar surface area (TPSA) is 80.4 Å². The summed E-state index contributed by atoms with van der Waals surface area (Å²) in [5, 5.41) is 4.24. The molecule has 0 spiro atoms. The van der Waals surface area contributed by atoms with Crippen LogP contribution in [0.25, 0.3) is 10.8 Å². The van der Waals surface area contributed by atoms with Crippen LogP contribution in [0.1, 0.15) is 33.9 Å². The van der Waals surface area contributed by atoms with Gasteiger partial charge in [-0.2, -0.15) is 0 Å². The maximum atomic E-state index is 12.9. The lowest BCUT2D eigenvalue weighted by Crippen LogP contribution is -2.28. The van der Waals surface area contributed by atoms with Crippen LogP contribution in [-0.2, 0) is 6.42 Å². The molecular formula is C21H20N2O4. The van der Waals surface area contributed by atoms with Gasteiger partial charge in [-0.05, 0) is 42.2 Å². The maximum Gasteiger partial charge on any atom is 0.255 e. The van der Waals surface area contributed by atoms with Crippen molar-refractivity contribution in [1.29, 1.82) is 0 Å². The summed E-state index contributed by atoms with van der Waals surface area (Å²) in [6, 6.07) is 10.9. The second kappa shape index (κ2) is 6.79. The molecule has 1 atom stereocenters. The Kier molecular flexibility index (Phi) is 4.32. The predicted octanol–water partition coefficient (Wildman–Crippen LogP) is 2.96. The van der Waals surface area contributed by atoms with Crippen LogP contribution >= 0.6 is 0 Å². The Hall–Kier alpha value is -3.28. The van der Waals surface area contributed by atoms with E-state index < -0.39 is 0 Å². The molecule has 6 nitrogen and oxygen atoms in total. The first-order valence-corrected chi connectivity index (χ1v) is 8.78. The Labute approximate surface area is 156 Å². The van der Waals surface area contributed by atoms with E-state index in [9.17, 15) is 9.59 Å². The molecule has 27 heavy (non-hydrogen) atoms. The number of aromatic nitrogens is 1. The highest BCUT2D eigenvalue weighted by atomic mass is 16.5. The minimum atomic E-state index is -0.213. The van der Waals surface area contributed by atoms with Crippen molar-refractivity contribution in [2.75, 3.05) is 14.2 Å². The van der Waals surface area contributed by atoms with Gasteiger partial charge in [-0.1, -0.05) is 18.2 Å². The van der Waals surface area contributed by atoms with E-state index in [1.54, 1.807) is 32.4 Å². The summed E-state index contributed by atoms with van der Waals surface area (Å²) in [4.78, 5) is 27.6. The van der Waals surface area contributed by atoms with Gasteiger partial charge < -0.3 is 19.8 Å². The fourth-order valence-electron chi connectivity index (χ4n) is 3.72. The quantitative estimate of drug-likeness (QED) is 0.746. The average Bonchev–Trinajstić information content (AvgIpc) is 3.08. The molecule has 6 heteroatoms. The zero-order valence-electron chi connectivity index (χ0n) is 15.2. The van der Waals surface area contributed by atoms with Gasteiger partial charge in [-0.3, -0.25) is 9.59 Å². The minimum Gasteiger partial charge on any atom is -0.493 e. The summed E-state index contributed by atoms with van der Waals surface area (Å²) in [6.07, 6.45) is 3.14. The molecule has 0 radical (unpaired) electrons. The molecule has 0 unspecified atom stereocenters. The van der Waals surface area contributed by atoms with Crippen LogP contribution in [-0.4, -0.2) is 25.1 Å². The van der Waals surface area contributed by atoms with Crippen molar-refractivity contribution >= 4 is 16.7 Å². The third kappa shape index (κ3) is 2.93. The van der Waals surface area contributed by atoms with Crippen LogP contribution in [0.3, 0.4) is 0 Å².